The van der Waals surface area contributed by atoms with Gasteiger partial charge in [-0.2, -0.15) is 0 Å². The Labute approximate surface area is 135 Å². The fraction of sp³-hybridized carbons (Fsp3) is 0.500. The van der Waals surface area contributed by atoms with Crippen LogP contribution in [0.5, 0.6) is 0 Å². The Balaban J connectivity index is 3.20. The molecule has 0 saturated heterocycles. The predicted molar refractivity (Wildman–Crippen MR) is 85.6 cm³/mol. The quantitative estimate of drug-likeness (QED) is 0.760. The summed E-state index contributed by atoms with van der Waals surface area (Å²) in [5, 5.41) is 0.0473. The number of hydrogen-bond acceptors (Lipinski definition) is 3. The van der Waals surface area contributed by atoms with E-state index in [4.69, 9.17) is 22.3 Å². The number of nitrogens with zero attached hydrogens (tertiary/aromatic N) is 1. The average Bonchev–Trinajstić information content (AvgIpc) is 2.39. The first kappa shape index (κ1) is 18.3. The molecule has 1 amide bonds. The van der Waals surface area contributed by atoms with Gasteiger partial charge in [0.2, 0.25) is 0 Å². The minimum Gasteiger partial charge on any atom is -0.341 e. The third-order valence-electron chi connectivity index (χ3n) is 3.36. The third kappa shape index (κ3) is 4.59. The van der Waals surface area contributed by atoms with Gasteiger partial charge in [-0.25, -0.2) is 8.42 Å². The van der Waals surface area contributed by atoms with E-state index >= 15 is 0 Å². The standard InChI is InChI=1S/C14H19Cl2NO3S/c1-5-9(2)8-17(4)14(18)11-6-10(3)13(15)12(7-11)21(16,19)20/h6-7,9H,5,8H2,1-4H3. The number of aryl methyl sites for hydroxylation is 1. The van der Waals surface area contributed by atoms with Crippen LogP contribution in [0.3, 0.4) is 0 Å². The topological polar surface area (TPSA) is 54.5 Å². The summed E-state index contributed by atoms with van der Waals surface area (Å²) in [4.78, 5) is 13.7. The van der Waals surface area contributed by atoms with Gasteiger partial charge < -0.3 is 4.90 Å². The van der Waals surface area contributed by atoms with Crippen LogP contribution in [-0.2, 0) is 9.05 Å². The smallest absolute Gasteiger partial charge is 0.262 e. The van der Waals surface area contributed by atoms with Crippen LogP contribution < -0.4 is 0 Å². The maximum Gasteiger partial charge on any atom is 0.262 e. The highest BCUT2D eigenvalue weighted by Gasteiger charge is 2.22. The van der Waals surface area contributed by atoms with Gasteiger partial charge in [-0.3, -0.25) is 4.79 Å². The van der Waals surface area contributed by atoms with Crippen molar-refractivity contribution in [1.29, 1.82) is 0 Å². The van der Waals surface area contributed by atoms with Gasteiger partial charge >= 0.3 is 0 Å². The summed E-state index contributed by atoms with van der Waals surface area (Å²) in [5.41, 5.74) is 0.764. The minimum atomic E-state index is -4.00. The number of carbonyl (C=O) groups is 1. The zero-order valence-electron chi connectivity index (χ0n) is 12.5. The molecule has 118 valence electrons. The van der Waals surface area contributed by atoms with E-state index < -0.39 is 9.05 Å². The van der Waals surface area contributed by atoms with Crippen LogP contribution in [0.25, 0.3) is 0 Å². The highest BCUT2D eigenvalue weighted by atomic mass is 35.7. The molecule has 0 N–H and O–H groups in total. The van der Waals surface area contributed by atoms with Gasteiger partial charge in [0.05, 0.1) is 5.02 Å². The minimum absolute atomic E-state index is 0.0473. The molecule has 0 aliphatic heterocycles. The number of halogens is 2. The first-order chi connectivity index (χ1) is 9.57. The molecule has 1 aromatic rings. The van der Waals surface area contributed by atoms with Crippen LogP contribution in [0.4, 0.5) is 0 Å². The molecule has 0 fully saturated rings. The molecule has 1 aromatic carbocycles. The van der Waals surface area contributed by atoms with E-state index in [1.807, 2.05) is 13.8 Å². The molecule has 0 radical (unpaired) electrons. The lowest BCUT2D eigenvalue weighted by Gasteiger charge is -2.21. The molecule has 0 spiro atoms. The molecule has 0 heterocycles. The second kappa shape index (κ2) is 6.99. The molecule has 4 nitrogen and oxygen atoms in total. The Bertz CT molecular complexity index is 644. The lowest BCUT2D eigenvalue weighted by molar-refractivity contribution is 0.0774. The maximum atomic E-state index is 12.4. The van der Waals surface area contributed by atoms with Crippen LogP contribution in [0.2, 0.25) is 5.02 Å². The van der Waals surface area contributed by atoms with E-state index in [1.54, 1.807) is 24.9 Å². The fourth-order valence-corrected chi connectivity index (χ4v) is 3.48. The van der Waals surface area contributed by atoms with Crippen molar-refractivity contribution in [3.05, 3.63) is 28.3 Å². The third-order valence-corrected chi connectivity index (χ3v) is 5.32. The average molecular weight is 352 g/mol. The van der Waals surface area contributed by atoms with Crippen molar-refractivity contribution < 1.29 is 13.2 Å². The molecule has 0 aliphatic carbocycles. The lowest BCUT2D eigenvalue weighted by atomic mass is 10.1. The summed E-state index contributed by atoms with van der Waals surface area (Å²) in [6.45, 7) is 6.33. The fourth-order valence-electron chi connectivity index (χ4n) is 1.94. The van der Waals surface area contributed by atoms with Crippen molar-refractivity contribution in [2.45, 2.75) is 32.1 Å². The van der Waals surface area contributed by atoms with Crippen LogP contribution in [0.1, 0.15) is 36.2 Å². The Morgan fingerprint density at radius 3 is 2.43 bits per heavy atom. The van der Waals surface area contributed by atoms with E-state index in [9.17, 15) is 13.2 Å². The first-order valence-electron chi connectivity index (χ1n) is 6.58. The van der Waals surface area contributed by atoms with Gasteiger partial charge in [0.1, 0.15) is 4.90 Å². The van der Waals surface area contributed by atoms with Gasteiger partial charge in [-0.05, 0) is 30.5 Å². The van der Waals surface area contributed by atoms with Crippen LogP contribution in [-0.4, -0.2) is 32.8 Å². The van der Waals surface area contributed by atoms with Gasteiger partial charge in [0, 0.05) is 29.8 Å². The summed E-state index contributed by atoms with van der Waals surface area (Å²) in [7, 11) is 3.05. The molecule has 21 heavy (non-hydrogen) atoms. The number of carbonyl (C=O) groups excluding carboxylic acids is 1. The molecular weight excluding hydrogens is 333 g/mol. The molecule has 1 unspecified atom stereocenters. The van der Waals surface area contributed by atoms with Crippen molar-refractivity contribution in [3.8, 4) is 0 Å². The second-order valence-electron chi connectivity index (χ2n) is 5.24. The number of rotatable bonds is 5. The number of amides is 1. The molecule has 0 aromatic heterocycles. The molecule has 1 atom stereocenters. The largest absolute Gasteiger partial charge is 0.341 e. The number of hydrogen-bond donors (Lipinski definition) is 0. The van der Waals surface area contributed by atoms with Crippen molar-refractivity contribution in [2.75, 3.05) is 13.6 Å². The summed E-state index contributed by atoms with van der Waals surface area (Å²) >= 11 is 5.95. The highest BCUT2D eigenvalue weighted by Crippen LogP contribution is 2.29. The molecule has 1 rings (SSSR count). The Kier molecular flexibility index (Phi) is 6.08. The molecule has 0 aliphatic rings. The van der Waals surface area contributed by atoms with Crippen molar-refractivity contribution >= 4 is 37.2 Å². The normalized spacial score (nSPS) is 13.0. The van der Waals surface area contributed by atoms with E-state index in [2.05, 4.69) is 0 Å². The maximum absolute atomic E-state index is 12.4. The zero-order valence-corrected chi connectivity index (χ0v) is 14.8. The van der Waals surface area contributed by atoms with Gasteiger partial charge in [0.15, 0.2) is 0 Å². The van der Waals surface area contributed by atoms with Gasteiger partial charge in [-0.1, -0.05) is 31.9 Å². The van der Waals surface area contributed by atoms with Crippen LogP contribution >= 0.6 is 22.3 Å². The second-order valence-corrected chi connectivity index (χ2v) is 8.15. The lowest BCUT2D eigenvalue weighted by Crippen LogP contribution is -2.31. The monoisotopic (exact) mass is 351 g/mol. The van der Waals surface area contributed by atoms with Crippen molar-refractivity contribution in [2.24, 2.45) is 5.92 Å². The van der Waals surface area contributed by atoms with Gasteiger partial charge in [-0.15, -0.1) is 0 Å². The van der Waals surface area contributed by atoms with Crippen LogP contribution in [0, 0.1) is 12.8 Å². The molecule has 0 saturated carbocycles. The highest BCUT2D eigenvalue weighted by molar-refractivity contribution is 8.13. The summed E-state index contributed by atoms with van der Waals surface area (Å²) in [6.07, 6.45) is 0.957. The molecule has 7 heteroatoms. The Hall–Kier alpha value is -0.780. The zero-order chi connectivity index (χ0) is 16.4. The SMILES string of the molecule is CCC(C)CN(C)C(=O)c1cc(C)c(Cl)c(S(=O)(=O)Cl)c1. The molecular formula is C14H19Cl2NO3S. The van der Waals surface area contributed by atoms with E-state index in [-0.39, 0.29) is 21.4 Å². The van der Waals surface area contributed by atoms with E-state index in [1.165, 1.54) is 6.07 Å². The van der Waals surface area contributed by atoms with E-state index in [0.29, 0.717) is 18.0 Å². The summed E-state index contributed by atoms with van der Waals surface area (Å²) in [6, 6.07) is 2.80. The van der Waals surface area contributed by atoms with Crippen molar-refractivity contribution in [1.82, 2.24) is 4.90 Å². The number of benzene rings is 1. The molecule has 0 bridgehead atoms. The summed E-state index contributed by atoms with van der Waals surface area (Å²) in [5.74, 6) is 0.111. The predicted octanol–water partition coefficient (Wildman–Crippen LogP) is 3.69. The van der Waals surface area contributed by atoms with Gasteiger partial charge in [0.25, 0.3) is 15.0 Å². The Morgan fingerprint density at radius 1 is 1.38 bits per heavy atom. The summed E-state index contributed by atoms with van der Waals surface area (Å²) < 4.78 is 23.1. The Morgan fingerprint density at radius 2 is 1.95 bits per heavy atom. The first-order valence-corrected chi connectivity index (χ1v) is 9.26. The van der Waals surface area contributed by atoms with Crippen LogP contribution in [0.15, 0.2) is 17.0 Å². The van der Waals surface area contributed by atoms with E-state index in [0.717, 1.165) is 6.42 Å². The van der Waals surface area contributed by atoms with Crippen molar-refractivity contribution in [3.63, 3.8) is 0 Å².